The molecule has 7 nitrogen and oxygen atoms in total. The van der Waals surface area contributed by atoms with Crippen molar-refractivity contribution in [3.63, 3.8) is 0 Å². The Morgan fingerprint density at radius 1 is 1.18 bits per heavy atom. The number of hydrogen-bond acceptors (Lipinski definition) is 4. The van der Waals surface area contributed by atoms with E-state index in [1.807, 2.05) is 32.0 Å². The van der Waals surface area contributed by atoms with Gasteiger partial charge in [-0.3, -0.25) is 9.59 Å². The van der Waals surface area contributed by atoms with Gasteiger partial charge in [-0.05, 0) is 31.0 Å². The van der Waals surface area contributed by atoms with E-state index in [1.165, 1.54) is 10.9 Å². The van der Waals surface area contributed by atoms with E-state index in [-0.39, 0.29) is 18.4 Å². The smallest absolute Gasteiger partial charge is 0.246 e. The highest BCUT2D eigenvalue weighted by molar-refractivity contribution is 5.91. The fraction of sp³-hybridized carbons (Fsp3) is 0.333. The maximum atomic E-state index is 12.0. The van der Waals surface area contributed by atoms with Gasteiger partial charge in [0.2, 0.25) is 11.8 Å². The van der Waals surface area contributed by atoms with Gasteiger partial charge in [0.25, 0.3) is 0 Å². The lowest BCUT2D eigenvalue weighted by Gasteiger charge is -2.09. The number of amides is 2. The number of benzene rings is 1. The lowest BCUT2D eigenvalue weighted by atomic mass is 10.1. The van der Waals surface area contributed by atoms with Crippen LogP contribution in [0.1, 0.15) is 24.5 Å². The first kappa shape index (κ1) is 15.7. The molecule has 0 spiro atoms. The molecule has 22 heavy (non-hydrogen) atoms. The zero-order valence-electron chi connectivity index (χ0n) is 12.9. The highest BCUT2D eigenvalue weighted by Crippen LogP contribution is 2.16. The van der Waals surface area contributed by atoms with Crippen LogP contribution in [0.4, 0.5) is 11.5 Å². The zero-order chi connectivity index (χ0) is 16.1. The molecule has 0 saturated carbocycles. The molecule has 0 radical (unpaired) electrons. The number of rotatable bonds is 5. The summed E-state index contributed by atoms with van der Waals surface area (Å²) in [4.78, 5) is 23.3. The van der Waals surface area contributed by atoms with Crippen molar-refractivity contribution < 1.29 is 9.59 Å². The maximum absolute atomic E-state index is 12.0. The van der Waals surface area contributed by atoms with Crippen molar-refractivity contribution in [2.45, 2.75) is 33.7 Å². The molecule has 116 valence electrons. The molecule has 0 fully saturated rings. The number of nitrogens with one attached hydrogen (secondary N) is 2. The second kappa shape index (κ2) is 6.84. The summed E-state index contributed by atoms with van der Waals surface area (Å²) in [6.45, 7) is 5.68. The predicted molar refractivity (Wildman–Crippen MR) is 83.5 cm³/mol. The number of nitrogens with zero attached hydrogens (tertiary/aromatic N) is 3. The largest absolute Gasteiger partial charge is 0.324 e. The Balaban J connectivity index is 1.97. The van der Waals surface area contributed by atoms with Crippen LogP contribution < -0.4 is 10.6 Å². The summed E-state index contributed by atoms with van der Waals surface area (Å²) >= 11 is 0. The topological polar surface area (TPSA) is 88.9 Å². The molecule has 7 heteroatoms. The second-order valence-electron chi connectivity index (χ2n) is 5.07. The molecular formula is C15H19N5O2. The zero-order valence-corrected chi connectivity index (χ0v) is 12.9. The lowest BCUT2D eigenvalue weighted by molar-refractivity contribution is -0.117. The summed E-state index contributed by atoms with van der Waals surface area (Å²) in [6.07, 6.45) is 1.89. The van der Waals surface area contributed by atoms with E-state index >= 15 is 0 Å². The third kappa shape index (κ3) is 4.15. The first-order chi connectivity index (χ1) is 10.5. The van der Waals surface area contributed by atoms with Gasteiger partial charge in [0.15, 0.2) is 5.82 Å². The molecule has 0 atom stereocenters. The Labute approximate surface area is 128 Å². The van der Waals surface area contributed by atoms with E-state index in [9.17, 15) is 9.59 Å². The Kier molecular flexibility index (Phi) is 4.88. The molecule has 2 rings (SSSR count). The molecule has 0 aliphatic carbocycles. The van der Waals surface area contributed by atoms with Crippen molar-refractivity contribution in [1.82, 2.24) is 15.0 Å². The van der Waals surface area contributed by atoms with Gasteiger partial charge >= 0.3 is 0 Å². The second-order valence-corrected chi connectivity index (χ2v) is 5.07. The van der Waals surface area contributed by atoms with Crippen LogP contribution in [0.15, 0.2) is 24.4 Å². The normalized spacial score (nSPS) is 10.3. The van der Waals surface area contributed by atoms with Gasteiger partial charge in [-0.25, -0.2) is 4.68 Å². The van der Waals surface area contributed by atoms with Gasteiger partial charge < -0.3 is 10.6 Å². The summed E-state index contributed by atoms with van der Waals surface area (Å²) < 4.78 is 1.38. The quantitative estimate of drug-likeness (QED) is 0.882. The number of carbonyl (C=O) groups is 2. The Hall–Kier alpha value is -2.70. The maximum Gasteiger partial charge on any atom is 0.246 e. The molecular weight excluding hydrogens is 282 g/mol. The highest BCUT2D eigenvalue weighted by Gasteiger charge is 2.09. The summed E-state index contributed by atoms with van der Waals surface area (Å²) in [5, 5.41) is 13.0. The van der Waals surface area contributed by atoms with Gasteiger partial charge in [0, 0.05) is 12.1 Å². The van der Waals surface area contributed by atoms with Gasteiger partial charge in [-0.1, -0.05) is 24.3 Å². The van der Waals surface area contributed by atoms with Crippen LogP contribution in [-0.4, -0.2) is 26.8 Å². The third-order valence-corrected chi connectivity index (χ3v) is 3.10. The summed E-state index contributed by atoms with van der Waals surface area (Å²) in [5.41, 5.74) is 2.85. The van der Waals surface area contributed by atoms with Crippen LogP contribution in [0.5, 0.6) is 0 Å². The fourth-order valence-electron chi connectivity index (χ4n) is 1.87. The Morgan fingerprint density at radius 2 is 1.95 bits per heavy atom. The van der Waals surface area contributed by atoms with Crippen LogP contribution in [0.3, 0.4) is 0 Å². The molecule has 1 heterocycles. The standard InChI is InChI=1S/C15H19N5O2/c1-4-14(21)17-13-8-20(19-18-13)9-15(22)16-12-7-10(2)5-6-11(12)3/h5-8H,4,9H2,1-3H3,(H,16,22)(H,17,21). The Bertz CT molecular complexity index is 693. The van der Waals surface area contributed by atoms with Crippen LogP contribution in [0, 0.1) is 13.8 Å². The van der Waals surface area contributed by atoms with E-state index in [2.05, 4.69) is 20.9 Å². The number of hydrogen-bond donors (Lipinski definition) is 2. The van der Waals surface area contributed by atoms with E-state index in [1.54, 1.807) is 6.92 Å². The summed E-state index contributed by atoms with van der Waals surface area (Å²) in [5.74, 6) is -0.00904. The van der Waals surface area contributed by atoms with E-state index < -0.39 is 0 Å². The number of aromatic nitrogens is 3. The van der Waals surface area contributed by atoms with Gasteiger partial charge in [0.1, 0.15) is 6.54 Å². The van der Waals surface area contributed by atoms with Gasteiger partial charge in [-0.15, -0.1) is 5.10 Å². The molecule has 2 N–H and O–H groups in total. The number of aryl methyl sites for hydroxylation is 2. The number of anilines is 2. The highest BCUT2D eigenvalue weighted by atomic mass is 16.2. The monoisotopic (exact) mass is 301 g/mol. The van der Waals surface area contributed by atoms with Crippen molar-refractivity contribution >= 4 is 23.3 Å². The van der Waals surface area contributed by atoms with Crippen molar-refractivity contribution in [1.29, 1.82) is 0 Å². The third-order valence-electron chi connectivity index (χ3n) is 3.10. The van der Waals surface area contributed by atoms with E-state index in [0.717, 1.165) is 16.8 Å². The molecule has 0 bridgehead atoms. The summed E-state index contributed by atoms with van der Waals surface area (Å²) in [6, 6.07) is 5.87. The molecule has 0 aliphatic rings. The lowest BCUT2D eigenvalue weighted by Crippen LogP contribution is -2.19. The van der Waals surface area contributed by atoms with Crippen molar-refractivity contribution in [3.05, 3.63) is 35.5 Å². The fourth-order valence-corrected chi connectivity index (χ4v) is 1.87. The van der Waals surface area contributed by atoms with Gasteiger partial charge in [-0.2, -0.15) is 0 Å². The predicted octanol–water partition coefficient (Wildman–Crippen LogP) is 1.88. The first-order valence-electron chi connectivity index (χ1n) is 7.05. The van der Waals surface area contributed by atoms with Crippen LogP contribution in [-0.2, 0) is 16.1 Å². The van der Waals surface area contributed by atoms with Crippen molar-refractivity contribution in [2.24, 2.45) is 0 Å². The molecule has 1 aromatic heterocycles. The van der Waals surface area contributed by atoms with Crippen molar-refractivity contribution in [2.75, 3.05) is 10.6 Å². The average molecular weight is 301 g/mol. The van der Waals surface area contributed by atoms with Crippen LogP contribution in [0.25, 0.3) is 0 Å². The first-order valence-corrected chi connectivity index (χ1v) is 7.05. The molecule has 0 unspecified atom stereocenters. The van der Waals surface area contributed by atoms with Crippen molar-refractivity contribution in [3.8, 4) is 0 Å². The van der Waals surface area contributed by atoms with Gasteiger partial charge in [0.05, 0.1) is 6.20 Å². The molecule has 0 aliphatic heterocycles. The minimum Gasteiger partial charge on any atom is -0.324 e. The summed E-state index contributed by atoms with van der Waals surface area (Å²) in [7, 11) is 0. The Morgan fingerprint density at radius 3 is 2.68 bits per heavy atom. The van der Waals surface area contributed by atoms with E-state index in [4.69, 9.17) is 0 Å². The molecule has 1 aromatic carbocycles. The average Bonchev–Trinajstić information content (AvgIpc) is 2.89. The molecule has 2 aromatic rings. The minimum atomic E-state index is -0.202. The molecule has 2 amide bonds. The van der Waals surface area contributed by atoms with Crippen LogP contribution in [0.2, 0.25) is 0 Å². The SMILES string of the molecule is CCC(=O)Nc1cn(CC(=O)Nc2cc(C)ccc2C)nn1. The van der Waals surface area contributed by atoms with E-state index in [0.29, 0.717) is 12.2 Å². The molecule has 0 saturated heterocycles. The van der Waals surface area contributed by atoms with Crippen LogP contribution >= 0.6 is 0 Å². The number of carbonyl (C=O) groups excluding carboxylic acids is 2. The minimum absolute atomic E-state index is 0.0301.